The fourth-order valence-corrected chi connectivity index (χ4v) is 0.955. The summed E-state index contributed by atoms with van der Waals surface area (Å²) in [7, 11) is -1.45. The van der Waals surface area contributed by atoms with Crippen LogP contribution in [0.3, 0.4) is 0 Å². The maximum Gasteiger partial charge on any atom is 0.488 e. The molecule has 1 aromatic rings. The topological polar surface area (TPSA) is 64.2 Å². The number of nitriles is 1. The molecule has 0 aliphatic rings. The maximum absolute atomic E-state index is 8.79. The molecule has 0 aliphatic heterocycles. The number of hydrogen-bond donors (Lipinski definition) is 2. The Morgan fingerprint density at radius 3 is 2.75 bits per heavy atom. The van der Waals surface area contributed by atoms with Crippen molar-refractivity contribution in [2.24, 2.45) is 0 Å². The van der Waals surface area contributed by atoms with E-state index >= 15 is 0 Å². The first kappa shape index (κ1) is 8.79. The highest BCUT2D eigenvalue weighted by atomic mass is 16.4. The van der Waals surface area contributed by atoms with Crippen LogP contribution in [0.25, 0.3) is 0 Å². The molecule has 60 valence electrons. The molecule has 1 aromatic carbocycles. The minimum absolute atomic E-state index is 0.292. The summed E-state index contributed by atoms with van der Waals surface area (Å²) < 4.78 is 0. The Bertz CT molecular complexity index is 306. The van der Waals surface area contributed by atoms with E-state index in [1.807, 2.05) is 6.07 Å². The molecule has 0 spiro atoms. The minimum atomic E-state index is -1.45. The van der Waals surface area contributed by atoms with Crippen molar-refractivity contribution in [1.82, 2.24) is 0 Å². The predicted octanol–water partition coefficient (Wildman–Crippen LogP) is -0.568. The minimum Gasteiger partial charge on any atom is -0.423 e. The molecule has 3 nitrogen and oxygen atoms in total. The van der Waals surface area contributed by atoms with Crippen LogP contribution in [0.1, 0.15) is 5.56 Å². The lowest BCUT2D eigenvalue weighted by Crippen LogP contribution is -2.29. The Morgan fingerprint density at radius 1 is 1.42 bits per heavy atom. The van der Waals surface area contributed by atoms with E-state index < -0.39 is 7.12 Å². The highest BCUT2D eigenvalue weighted by molar-refractivity contribution is 6.58. The van der Waals surface area contributed by atoms with Gasteiger partial charge in [0, 0.05) is 0 Å². The molecular weight excluding hydrogens is 153 g/mol. The van der Waals surface area contributed by atoms with Crippen LogP contribution in [0.2, 0.25) is 0 Å². The zero-order valence-corrected chi connectivity index (χ0v) is 6.44. The molecule has 0 aromatic heterocycles. The lowest BCUT2D eigenvalue weighted by atomic mass is 9.79. The Balaban J connectivity index is 2.90. The van der Waals surface area contributed by atoms with Gasteiger partial charge in [-0.1, -0.05) is 24.3 Å². The van der Waals surface area contributed by atoms with Crippen molar-refractivity contribution in [3.05, 3.63) is 29.8 Å². The lowest BCUT2D eigenvalue weighted by Gasteiger charge is -1.99. The van der Waals surface area contributed by atoms with Gasteiger partial charge in [-0.15, -0.1) is 0 Å². The molecular formula is C8H8BNO2. The number of benzene rings is 1. The summed E-state index contributed by atoms with van der Waals surface area (Å²) >= 11 is 0. The summed E-state index contributed by atoms with van der Waals surface area (Å²) in [4.78, 5) is 0. The summed E-state index contributed by atoms with van der Waals surface area (Å²) in [6.07, 6.45) is 0.292. The molecule has 0 aliphatic carbocycles. The van der Waals surface area contributed by atoms with Crippen LogP contribution in [0.4, 0.5) is 0 Å². The van der Waals surface area contributed by atoms with Crippen molar-refractivity contribution in [2.45, 2.75) is 6.42 Å². The average Bonchev–Trinajstić information content (AvgIpc) is 2.05. The number of hydrogen-bond acceptors (Lipinski definition) is 3. The Kier molecular flexibility index (Phi) is 2.86. The third-order valence-corrected chi connectivity index (χ3v) is 1.53. The van der Waals surface area contributed by atoms with Gasteiger partial charge >= 0.3 is 7.12 Å². The molecule has 1 rings (SSSR count). The first-order valence-corrected chi connectivity index (χ1v) is 3.56. The second-order valence-corrected chi connectivity index (χ2v) is 2.45. The van der Waals surface area contributed by atoms with E-state index in [1.54, 1.807) is 24.3 Å². The second kappa shape index (κ2) is 3.91. The van der Waals surface area contributed by atoms with Gasteiger partial charge in [0.15, 0.2) is 0 Å². The van der Waals surface area contributed by atoms with Crippen LogP contribution in [-0.4, -0.2) is 17.2 Å². The van der Waals surface area contributed by atoms with Crippen molar-refractivity contribution in [3.8, 4) is 6.07 Å². The van der Waals surface area contributed by atoms with Crippen molar-refractivity contribution in [2.75, 3.05) is 0 Å². The van der Waals surface area contributed by atoms with E-state index in [0.29, 0.717) is 11.9 Å². The van der Waals surface area contributed by atoms with Crippen molar-refractivity contribution in [3.63, 3.8) is 0 Å². The molecule has 12 heavy (non-hydrogen) atoms. The van der Waals surface area contributed by atoms with E-state index in [9.17, 15) is 0 Å². The third-order valence-electron chi connectivity index (χ3n) is 1.53. The van der Waals surface area contributed by atoms with Crippen molar-refractivity contribution < 1.29 is 10.0 Å². The largest absolute Gasteiger partial charge is 0.488 e. The van der Waals surface area contributed by atoms with Gasteiger partial charge in [-0.2, -0.15) is 5.26 Å². The molecule has 0 atom stereocenters. The second-order valence-electron chi connectivity index (χ2n) is 2.45. The smallest absolute Gasteiger partial charge is 0.423 e. The van der Waals surface area contributed by atoms with Gasteiger partial charge in [0.25, 0.3) is 0 Å². The average molecular weight is 161 g/mol. The van der Waals surface area contributed by atoms with Crippen LogP contribution in [0.15, 0.2) is 24.3 Å². The molecule has 0 heterocycles. The molecule has 0 fully saturated rings. The molecule has 0 bridgehead atoms. The van der Waals surface area contributed by atoms with Crippen molar-refractivity contribution in [1.29, 1.82) is 5.26 Å². The molecule has 4 heteroatoms. The molecule has 0 radical (unpaired) electrons. The van der Waals surface area contributed by atoms with Gasteiger partial charge in [-0.25, -0.2) is 0 Å². The summed E-state index contributed by atoms with van der Waals surface area (Å²) in [5.41, 5.74) is 1.21. The molecule has 0 unspecified atom stereocenters. The van der Waals surface area contributed by atoms with Gasteiger partial charge in [0.05, 0.1) is 12.5 Å². The van der Waals surface area contributed by atoms with Crippen molar-refractivity contribution >= 4 is 12.6 Å². The van der Waals surface area contributed by atoms with E-state index in [1.165, 1.54) is 0 Å². The zero-order valence-electron chi connectivity index (χ0n) is 6.44. The number of rotatable bonds is 2. The van der Waals surface area contributed by atoms with Crippen LogP contribution >= 0.6 is 0 Å². The van der Waals surface area contributed by atoms with E-state index in [2.05, 4.69) is 0 Å². The fourth-order valence-electron chi connectivity index (χ4n) is 0.955. The van der Waals surface area contributed by atoms with E-state index in [4.69, 9.17) is 15.3 Å². The standard InChI is InChI=1S/C8H8BNO2/c10-5-4-7-2-1-3-8(6-7)9(11)12/h1-3,6,11-12H,4H2. The van der Waals surface area contributed by atoms with E-state index in [0.717, 1.165) is 5.56 Å². The van der Waals surface area contributed by atoms with Gasteiger partial charge in [-0.05, 0) is 11.0 Å². The quantitative estimate of drug-likeness (QED) is 0.571. The Hall–Kier alpha value is -1.31. The summed E-state index contributed by atoms with van der Waals surface area (Å²) in [5, 5.41) is 26.0. The Labute approximate surface area is 71.0 Å². The normalized spacial score (nSPS) is 9.08. The van der Waals surface area contributed by atoms with Gasteiger partial charge in [0.1, 0.15) is 0 Å². The first-order valence-electron chi connectivity index (χ1n) is 3.56. The van der Waals surface area contributed by atoms with Gasteiger partial charge in [0.2, 0.25) is 0 Å². The van der Waals surface area contributed by atoms with Crippen LogP contribution in [0, 0.1) is 11.3 Å². The maximum atomic E-state index is 8.79. The molecule has 0 saturated heterocycles. The van der Waals surface area contributed by atoms with Crippen LogP contribution in [-0.2, 0) is 6.42 Å². The summed E-state index contributed by atoms with van der Waals surface area (Å²) in [5.74, 6) is 0. The monoisotopic (exact) mass is 161 g/mol. The molecule has 2 N–H and O–H groups in total. The Morgan fingerprint density at radius 2 is 2.17 bits per heavy atom. The zero-order chi connectivity index (χ0) is 8.97. The molecule has 0 saturated carbocycles. The summed E-state index contributed by atoms with van der Waals surface area (Å²) in [6, 6.07) is 8.66. The summed E-state index contributed by atoms with van der Waals surface area (Å²) in [6.45, 7) is 0. The first-order chi connectivity index (χ1) is 5.74. The van der Waals surface area contributed by atoms with Crippen LogP contribution < -0.4 is 5.46 Å². The fraction of sp³-hybridized carbons (Fsp3) is 0.125. The van der Waals surface area contributed by atoms with Gasteiger partial charge in [-0.3, -0.25) is 0 Å². The highest BCUT2D eigenvalue weighted by Gasteiger charge is 2.09. The lowest BCUT2D eigenvalue weighted by molar-refractivity contribution is 0.425. The number of nitrogens with zero attached hydrogens (tertiary/aromatic N) is 1. The SMILES string of the molecule is N#CCc1cccc(B(O)O)c1. The van der Waals surface area contributed by atoms with Gasteiger partial charge < -0.3 is 10.0 Å². The third kappa shape index (κ3) is 2.09. The highest BCUT2D eigenvalue weighted by Crippen LogP contribution is 1.97. The van der Waals surface area contributed by atoms with Crippen LogP contribution in [0.5, 0.6) is 0 Å². The van der Waals surface area contributed by atoms with E-state index in [-0.39, 0.29) is 0 Å². The molecule has 0 amide bonds. The predicted molar refractivity (Wildman–Crippen MR) is 45.6 cm³/mol.